The highest BCUT2D eigenvalue weighted by Gasteiger charge is 2.30. The van der Waals surface area contributed by atoms with E-state index in [1.165, 1.54) is 6.26 Å². The van der Waals surface area contributed by atoms with E-state index in [2.05, 4.69) is 5.32 Å². The maximum atomic E-state index is 12.5. The number of ether oxygens (including phenoxy) is 1. The molecular weight excluding hydrogens is 310 g/mol. The van der Waals surface area contributed by atoms with Crippen LogP contribution in [0.5, 0.6) is 0 Å². The highest BCUT2D eigenvalue weighted by Crippen LogP contribution is 2.23. The van der Waals surface area contributed by atoms with Gasteiger partial charge in [-0.05, 0) is 23.8 Å². The van der Waals surface area contributed by atoms with Gasteiger partial charge in [-0.25, -0.2) is 4.79 Å². The summed E-state index contributed by atoms with van der Waals surface area (Å²) in [6.07, 6.45) is 5.07. The minimum atomic E-state index is -0.754. The molecule has 0 bridgehead atoms. The minimum absolute atomic E-state index is 0.140. The Morgan fingerprint density at radius 3 is 3.08 bits per heavy atom. The first-order chi connectivity index (χ1) is 11.6. The van der Waals surface area contributed by atoms with Gasteiger partial charge in [0, 0.05) is 39.0 Å². The van der Waals surface area contributed by atoms with Crippen LogP contribution in [0.1, 0.15) is 23.8 Å². The Bertz CT molecular complexity index is 653. The molecule has 0 saturated carbocycles. The number of hydrogen-bond acceptors (Lipinski definition) is 4. The van der Waals surface area contributed by atoms with Crippen LogP contribution in [0.15, 0.2) is 41.3 Å². The van der Waals surface area contributed by atoms with Gasteiger partial charge in [0.15, 0.2) is 0 Å². The van der Waals surface area contributed by atoms with Crippen molar-refractivity contribution in [2.75, 3.05) is 19.8 Å². The molecule has 1 aliphatic heterocycles. The second-order valence-electron chi connectivity index (χ2n) is 6.03. The zero-order valence-corrected chi connectivity index (χ0v) is 13.7. The smallest absolute Gasteiger partial charge is 0.318 e. The highest BCUT2D eigenvalue weighted by atomic mass is 16.5. The average Bonchev–Trinajstić information content (AvgIpc) is 3.25. The third kappa shape index (κ3) is 3.98. The van der Waals surface area contributed by atoms with Crippen molar-refractivity contribution in [3.8, 4) is 0 Å². The first-order valence-electron chi connectivity index (χ1n) is 8.08. The summed E-state index contributed by atoms with van der Waals surface area (Å²) in [5.41, 5.74) is 1.05. The molecule has 1 fully saturated rings. The standard InChI is InChI=1S/C17H23N3O4/c1-19-5-4-13(11-19)10-18-17(22)20-6-8-23-12-14(20)9-15(21)16-3-2-7-24-16/h2-5,7,11,14-15,21H,6,8-10,12H2,1H3,(H,18,22)/t14-,15+/m0/s1. The Labute approximate surface area is 140 Å². The lowest BCUT2D eigenvalue weighted by Crippen LogP contribution is -2.52. The predicted molar refractivity (Wildman–Crippen MR) is 87.2 cm³/mol. The second kappa shape index (κ2) is 7.55. The van der Waals surface area contributed by atoms with E-state index in [-0.39, 0.29) is 12.1 Å². The number of aryl methyl sites for hydroxylation is 1. The molecule has 3 heterocycles. The van der Waals surface area contributed by atoms with E-state index in [1.54, 1.807) is 17.0 Å². The molecule has 3 rings (SSSR count). The van der Waals surface area contributed by atoms with Crippen molar-refractivity contribution >= 4 is 6.03 Å². The van der Waals surface area contributed by atoms with E-state index in [9.17, 15) is 9.90 Å². The van der Waals surface area contributed by atoms with Crippen molar-refractivity contribution in [2.45, 2.75) is 25.1 Å². The molecule has 2 aromatic heterocycles. The molecular formula is C17H23N3O4. The van der Waals surface area contributed by atoms with Gasteiger partial charge in [0.2, 0.25) is 0 Å². The lowest BCUT2D eigenvalue weighted by atomic mass is 10.1. The number of furan rings is 1. The van der Waals surface area contributed by atoms with Crippen molar-refractivity contribution in [1.29, 1.82) is 0 Å². The van der Waals surface area contributed by atoms with Gasteiger partial charge in [0.1, 0.15) is 11.9 Å². The zero-order valence-electron chi connectivity index (χ0n) is 13.7. The van der Waals surface area contributed by atoms with Crippen LogP contribution in [0, 0.1) is 0 Å². The molecule has 1 aliphatic rings. The zero-order chi connectivity index (χ0) is 16.9. The Kier molecular flexibility index (Phi) is 5.22. The lowest BCUT2D eigenvalue weighted by molar-refractivity contribution is -0.00974. The number of morpholine rings is 1. The molecule has 2 aromatic rings. The van der Waals surface area contributed by atoms with Crippen LogP contribution in [0.2, 0.25) is 0 Å². The van der Waals surface area contributed by atoms with Crippen molar-refractivity contribution in [1.82, 2.24) is 14.8 Å². The van der Waals surface area contributed by atoms with E-state index in [1.807, 2.05) is 30.1 Å². The number of aromatic nitrogens is 1. The van der Waals surface area contributed by atoms with Crippen LogP contribution >= 0.6 is 0 Å². The SMILES string of the molecule is Cn1ccc(CNC(=O)N2CCOC[C@@H]2C[C@@H](O)c2ccco2)c1. The number of hydrogen-bond donors (Lipinski definition) is 2. The summed E-state index contributed by atoms with van der Waals surface area (Å²) in [6, 6.07) is 5.11. The Morgan fingerprint density at radius 1 is 1.50 bits per heavy atom. The largest absolute Gasteiger partial charge is 0.467 e. The molecule has 2 atom stereocenters. The van der Waals surface area contributed by atoms with Gasteiger partial charge in [-0.3, -0.25) is 0 Å². The maximum absolute atomic E-state index is 12.5. The third-order valence-electron chi connectivity index (χ3n) is 4.19. The Balaban J connectivity index is 1.57. The summed E-state index contributed by atoms with van der Waals surface area (Å²) >= 11 is 0. The maximum Gasteiger partial charge on any atom is 0.318 e. The van der Waals surface area contributed by atoms with Gasteiger partial charge < -0.3 is 29.0 Å². The highest BCUT2D eigenvalue weighted by molar-refractivity contribution is 5.74. The third-order valence-corrected chi connectivity index (χ3v) is 4.19. The van der Waals surface area contributed by atoms with E-state index in [4.69, 9.17) is 9.15 Å². The molecule has 7 heteroatoms. The summed E-state index contributed by atoms with van der Waals surface area (Å²) < 4.78 is 12.7. The van der Waals surface area contributed by atoms with Crippen molar-refractivity contribution in [3.63, 3.8) is 0 Å². The minimum Gasteiger partial charge on any atom is -0.467 e. The van der Waals surface area contributed by atoms with Crippen molar-refractivity contribution < 1.29 is 19.1 Å². The van der Waals surface area contributed by atoms with Gasteiger partial charge in [-0.15, -0.1) is 0 Å². The number of carbonyl (C=O) groups excluding carboxylic acids is 1. The number of aliphatic hydroxyl groups is 1. The molecule has 0 aromatic carbocycles. The van der Waals surface area contributed by atoms with Gasteiger partial charge in [0.05, 0.1) is 25.5 Å². The number of nitrogens with zero attached hydrogens (tertiary/aromatic N) is 2. The predicted octanol–water partition coefficient (Wildman–Crippen LogP) is 1.65. The van der Waals surface area contributed by atoms with Crippen LogP contribution in [0.25, 0.3) is 0 Å². The molecule has 2 amide bonds. The van der Waals surface area contributed by atoms with Crippen LogP contribution in [-0.4, -0.2) is 46.4 Å². The first kappa shape index (κ1) is 16.6. The summed E-state index contributed by atoms with van der Waals surface area (Å²) in [5.74, 6) is 0.505. The molecule has 0 spiro atoms. The fourth-order valence-corrected chi connectivity index (χ4v) is 2.92. The van der Waals surface area contributed by atoms with Crippen LogP contribution in [0.3, 0.4) is 0 Å². The van der Waals surface area contributed by atoms with Crippen molar-refractivity contribution in [3.05, 3.63) is 48.2 Å². The van der Waals surface area contributed by atoms with E-state index in [0.717, 1.165) is 5.56 Å². The van der Waals surface area contributed by atoms with Crippen LogP contribution in [0.4, 0.5) is 4.79 Å². The number of carbonyl (C=O) groups is 1. The van der Waals surface area contributed by atoms with Gasteiger partial charge >= 0.3 is 6.03 Å². The Hall–Kier alpha value is -2.25. The van der Waals surface area contributed by atoms with Gasteiger partial charge in [0.25, 0.3) is 0 Å². The summed E-state index contributed by atoms with van der Waals surface area (Å²) in [5, 5.41) is 13.2. The molecule has 0 aliphatic carbocycles. The topological polar surface area (TPSA) is 79.9 Å². The quantitative estimate of drug-likeness (QED) is 0.872. The molecule has 2 N–H and O–H groups in total. The van der Waals surface area contributed by atoms with E-state index in [0.29, 0.717) is 38.5 Å². The van der Waals surface area contributed by atoms with Crippen molar-refractivity contribution in [2.24, 2.45) is 7.05 Å². The van der Waals surface area contributed by atoms with E-state index < -0.39 is 6.10 Å². The Morgan fingerprint density at radius 2 is 2.38 bits per heavy atom. The van der Waals surface area contributed by atoms with Crippen LogP contribution in [-0.2, 0) is 18.3 Å². The number of nitrogens with one attached hydrogen (secondary N) is 1. The van der Waals surface area contributed by atoms with Crippen LogP contribution < -0.4 is 5.32 Å². The molecule has 24 heavy (non-hydrogen) atoms. The number of rotatable bonds is 5. The summed E-state index contributed by atoms with van der Waals surface area (Å²) in [7, 11) is 1.94. The number of aliphatic hydroxyl groups excluding tert-OH is 1. The van der Waals surface area contributed by atoms with Gasteiger partial charge in [-0.1, -0.05) is 0 Å². The monoisotopic (exact) mass is 333 g/mol. The molecule has 1 saturated heterocycles. The fourth-order valence-electron chi connectivity index (χ4n) is 2.92. The lowest BCUT2D eigenvalue weighted by Gasteiger charge is -2.36. The molecule has 7 nitrogen and oxygen atoms in total. The normalized spacial score (nSPS) is 19.2. The summed E-state index contributed by atoms with van der Waals surface area (Å²) in [4.78, 5) is 14.2. The fraction of sp³-hybridized carbons (Fsp3) is 0.471. The molecule has 130 valence electrons. The second-order valence-corrected chi connectivity index (χ2v) is 6.03. The molecule has 0 radical (unpaired) electrons. The molecule has 0 unspecified atom stereocenters. The first-order valence-corrected chi connectivity index (χ1v) is 8.08. The van der Waals surface area contributed by atoms with Gasteiger partial charge in [-0.2, -0.15) is 0 Å². The summed E-state index contributed by atoms with van der Waals surface area (Å²) in [6.45, 7) is 1.91. The number of amides is 2. The average molecular weight is 333 g/mol. The van der Waals surface area contributed by atoms with E-state index >= 15 is 0 Å². The number of urea groups is 1.